The number of nitrogens with zero attached hydrogens (tertiary/aromatic N) is 2. The summed E-state index contributed by atoms with van der Waals surface area (Å²) in [4.78, 5) is 0. The number of ether oxygens (including phenoxy) is 1. The second-order valence-electron chi connectivity index (χ2n) is 4.69. The molecule has 1 fully saturated rings. The van der Waals surface area contributed by atoms with Gasteiger partial charge in [0.2, 0.25) is 0 Å². The Morgan fingerprint density at radius 3 is 3.00 bits per heavy atom. The second-order valence-corrected chi connectivity index (χ2v) is 5.48. The summed E-state index contributed by atoms with van der Waals surface area (Å²) in [6, 6.07) is 0.144. The van der Waals surface area contributed by atoms with E-state index in [2.05, 4.69) is 33.4 Å². The summed E-state index contributed by atoms with van der Waals surface area (Å²) in [7, 11) is 0. The van der Waals surface area contributed by atoms with Crippen molar-refractivity contribution in [1.82, 2.24) is 15.2 Å². The van der Waals surface area contributed by atoms with E-state index >= 15 is 0 Å². The number of aryl methyl sites for hydroxylation is 2. The average Bonchev–Trinajstić information content (AvgIpc) is 2.98. The number of nitrogens with one attached hydrogen (secondary N) is 1. The van der Waals surface area contributed by atoms with Gasteiger partial charge in [-0.25, -0.2) is 0 Å². The molecule has 3 N–H and O–H groups in total. The summed E-state index contributed by atoms with van der Waals surface area (Å²) in [5.74, 6) is 5.67. The number of rotatable bonds is 5. The Morgan fingerprint density at radius 2 is 2.44 bits per heavy atom. The van der Waals surface area contributed by atoms with Gasteiger partial charge in [0.1, 0.15) is 0 Å². The topological polar surface area (TPSA) is 65.1 Å². The number of halogens is 1. The lowest BCUT2D eigenvalue weighted by atomic mass is 10.0. The number of nitrogens with two attached hydrogens (primary N) is 1. The molecule has 5 nitrogen and oxygen atoms in total. The van der Waals surface area contributed by atoms with E-state index in [0.717, 1.165) is 42.6 Å². The van der Waals surface area contributed by atoms with Crippen molar-refractivity contribution in [1.29, 1.82) is 0 Å². The fourth-order valence-electron chi connectivity index (χ4n) is 2.49. The summed E-state index contributed by atoms with van der Waals surface area (Å²) >= 11 is 3.62. The SMILES string of the molecule is CCn1nc(C)c(Br)c1CC(NN)C1CCCO1. The Hall–Kier alpha value is -0.430. The molecule has 0 aromatic carbocycles. The van der Waals surface area contributed by atoms with Crippen LogP contribution in [0.2, 0.25) is 0 Å². The van der Waals surface area contributed by atoms with E-state index in [9.17, 15) is 0 Å². The van der Waals surface area contributed by atoms with E-state index in [1.54, 1.807) is 0 Å². The molecule has 2 atom stereocenters. The molecule has 2 heterocycles. The first-order valence-electron chi connectivity index (χ1n) is 6.46. The quantitative estimate of drug-likeness (QED) is 0.638. The first-order chi connectivity index (χ1) is 8.67. The third-order valence-corrected chi connectivity index (χ3v) is 4.53. The van der Waals surface area contributed by atoms with Crippen LogP contribution in [-0.2, 0) is 17.7 Å². The summed E-state index contributed by atoms with van der Waals surface area (Å²) in [5.41, 5.74) is 5.10. The van der Waals surface area contributed by atoms with Crippen LogP contribution in [0.4, 0.5) is 0 Å². The highest BCUT2D eigenvalue weighted by atomic mass is 79.9. The van der Waals surface area contributed by atoms with Crippen molar-refractivity contribution in [3.63, 3.8) is 0 Å². The van der Waals surface area contributed by atoms with Crippen LogP contribution >= 0.6 is 15.9 Å². The fraction of sp³-hybridized carbons (Fsp3) is 0.750. The molecule has 0 radical (unpaired) electrons. The Balaban J connectivity index is 2.15. The number of aromatic nitrogens is 2. The fourth-order valence-corrected chi connectivity index (χ4v) is 2.94. The van der Waals surface area contributed by atoms with Gasteiger partial charge in [-0.05, 0) is 42.6 Å². The molecule has 0 saturated carbocycles. The van der Waals surface area contributed by atoms with Crippen LogP contribution in [0.1, 0.15) is 31.2 Å². The van der Waals surface area contributed by atoms with Crippen LogP contribution in [0.15, 0.2) is 4.47 Å². The molecule has 1 aliphatic heterocycles. The predicted molar refractivity (Wildman–Crippen MR) is 74.1 cm³/mol. The van der Waals surface area contributed by atoms with E-state index in [1.807, 2.05) is 11.6 Å². The Kier molecular flexibility index (Phi) is 4.77. The van der Waals surface area contributed by atoms with Crippen molar-refractivity contribution in [3.8, 4) is 0 Å². The lowest BCUT2D eigenvalue weighted by molar-refractivity contribution is 0.0777. The predicted octanol–water partition coefficient (Wildman–Crippen LogP) is 1.53. The third-order valence-electron chi connectivity index (χ3n) is 3.49. The summed E-state index contributed by atoms with van der Waals surface area (Å²) in [6.07, 6.45) is 3.24. The highest BCUT2D eigenvalue weighted by Crippen LogP contribution is 2.25. The molecule has 0 aliphatic carbocycles. The molecule has 0 bridgehead atoms. The number of hydrogen-bond donors (Lipinski definition) is 2. The minimum Gasteiger partial charge on any atom is -0.377 e. The van der Waals surface area contributed by atoms with Crippen LogP contribution in [0, 0.1) is 6.92 Å². The van der Waals surface area contributed by atoms with Crippen LogP contribution in [0.3, 0.4) is 0 Å². The van der Waals surface area contributed by atoms with Crippen LogP contribution in [0.5, 0.6) is 0 Å². The smallest absolute Gasteiger partial charge is 0.0746 e. The van der Waals surface area contributed by atoms with E-state index in [4.69, 9.17) is 10.6 Å². The highest BCUT2D eigenvalue weighted by molar-refractivity contribution is 9.10. The molecule has 1 saturated heterocycles. The summed E-state index contributed by atoms with van der Waals surface area (Å²) in [6.45, 7) is 5.82. The lowest BCUT2D eigenvalue weighted by Gasteiger charge is -2.22. The highest BCUT2D eigenvalue weighted by Gasteiger charge is 2.27. The standard InChI is InChI=1S/C12H21BrN4O/c1-3-17-10(12(13)8(2)16-17)7-9(15-14)11-5-4-6-18-11/h9,11,15H,3-7,14H2,1-2H3. The van der Waals surface area contributed by atoms with Gasteiger partial charge in [0.15, 0.2) is 0 Å². The minimum atomic E-state index is 0.144. The Labute approximate surface area is 116 Å². The van der Waals surface area contributed by atoms with E-state index in [0.29, 0.717) is 0 Å². The summed E-state index contributed by atoms with van der Waals surface area (Å²) in [5, 5.41) is 4.50. The van der Waals surface area contributed by atoms with Gasteiger partial charge < -0.3 is 4.74 Å². The molecule has 0 amide bonds. The van der Waals surface area contributed by atoms with E-state index in [-0.39, 0.29) is 12.1 Å². The molecular weight excluding hydrogens is 296 g/mol. The monoisotopic (exact) mass is 316 g/mol. The molecule has 102 valence electrons. The number of hydrogen-bond acceptors (Lipinski definition) is 4. The molecule has 0 spiro atoms. The number of hydrazine groups is 1. The van der Waals surface area contributed by atoms with Crippen LogP contribution in [0.25, 0.3) is 0 Å². The zero-order chi connectivity index (χ0) is 13.1. The molecular formula is C12H21BrN4O. The van der Waals surface area contributed by atoms with Gasteiger partial charge in [-0.3, -0.25) is 16.0 Å². The van der Waals surface area contributed by atoms with Crippen molar-refractivity contribution in [2.24, 2.45) is 5.84 Å². The molecule has 1 aliphatic rings. The third kappa shape index (κ3) is 2.77. The maximum Gasteiger partial charge on any atom is 0.0746 e. The van der Waals surface area contributed by atoms with Gasteiger partial charge in [0, 0.05) is 19.6 Å². The first kappa shape index (κ1) is 14.0. The largest absolute Gasteiger partial charge is 0.377 e. The maximum atomic E-state index is 5.71. The Bertz CT molecular complexity index is 401. The lowest BCUT2D eigenvalue weighted by Crippen LogP contribution is -2.45. The van der Waals surface area contributed by atoms with Gasteiger partial charge in [-0.2, -0.15) is 5.10 Å². The zero-order valence-electron chi connectivity index (χ0n) is 10.9. The van der Waals surface area contributed by atoms with Crippen LogP contribution < -0.4 is 11.3 Å². The Morgan fingerprint density at radius 1 is 1.67 bits per heavy atom. The molecule has 6 heteroatoms. The van der Waals surface area contributed by atoms with E-state index < -0.39 is 0 Å². The normalized spacial score (nSPS) is 21.4. The first-order valence-corrected chi connectivity index (χ1v) is 7.26. The van der Waals surface area contributed by atoms with Gasteiger partial charge in [0.25, 0.3) is 0 Å². The van der Waals surface area contributed by atoms with Crippen molar-refractivity contribution in [2.75, 3.05) is 6.61 Å². The molecule has 1 aromatic heterocycles. The molecule has 2 unspecified atom stereocenters. The van der Waals surface area contributed by atoms with Crippen molar-refractivity contribution in [2.45, 2.75) is 51.8 Å². The minimum absolute atomic E-state index is 0.144. The molecule has 2 rings (SSSR count). The summed E-state index contributed by atoms with van der Waals surface area (Å²) < 4.78 is 8.82. The van der Waals surface area contributed by atoms with E-state index in [1.165, 1.54) is 5.69 Å². The zero-order valence-corrected chi connectivity index (χ0v) is 12.5. The van der Waals surface area contributed by atoms with Gasteiger partial charge in [0.05, 0.1) is 28.0 Å². The van der Waals surface area contributed by atoms with Gasteiger partial charge in [-0.1, -0.05) is 0 Å². The molecule has 1 aromatic rings. The maximum absolute atomic E-state index is 5.71. The van der Waals surface area contributed by atoms with Crippen molar-refractivity contribution in [3.05, 3.63) is 15.9 Å². The second kappa shape index (κ2) is 6.14. The van der Waals surface area contributed by atoms with Crippen molar-refractivity contribution < 1.29 is 4.74 Å². The van der Waals surface area contributed by atoms with Crippen LogP contribution in [-0.4, -0.2) is 28.5 Å². The van der Waals surface area contributed by atoms with Gasteiger partial charge >= 0.3 is 0 Å². The average molecular weight is 317 g/mol. The van der Waals surface area contributed by atoms with Crippen molar-refractivity contribution >= 4 is 15.9 Å². The molecule has 18 heavy (non-hydrogen) atoms. The van der Waals surface area contributed by atoms with Gasteiger partial charge in [-0.15, -0.1) is 0 Å².